The Morgan fingerprint density at radius 3 is 2.52 bits per heavy atom. The predicted molar refractivity (Wildman–Crippen MR) is 82.3 cm³/mol. The molecule has 116 valence electrons. The van der Waals surface area contributed by atoms with E-state index >= 15 is 0 Å². The third-order valence-corrected chi connectivity index (χ3v) is 6.44. The van der Waals surface area contributed by atoms with Crippen LogP contribution in [-0.4, -0.2) is 49.8 Å². The van der Waals surface area contributed by atoms with Gasteiger partial charge in [0.2, 0.25) is 10.0 Å². The summed E-state index contributed by atoms with van der Waals surface area (Å²) in [5, 5.41) is 0. The summed E-state index contributed by atoms with van der Waals surface area (Å²) in [7, 11) is -3.38. The molecule has 2 heterocycles. The summed E-state index contributed by atoms with van der Waals surface area (Å²) >= 11 is 0. The van der Waals surface area contributed by atoms with Gasteiger partial charge in [0.05, 0.1) is 4.90 Å². The van der Waals surface area contributed by atoms with E-state index in [0.29, 0.717) is 30.6 Å². The summed E-state index contributed by atoms with van der Waals surface area (Å²) in [6.07, 6.45) is 3.21. The van der Waals surface area contributed by atoms with Crippen LogP contribution in [0.2, 0.25) is 0 Å². The predicted octanol–water partition coefficient (Wildman–Crippen LogP) is 1.00. The van der Waals surface area contributed by atoms with Gasteiger partial charge >= 0.3 is 0 Å². The third kappa shape index (κ3) is 2.99. The zero-order valence-corrected chi connectivity index (χ0v) is 13.1. The Kier molecular flexibility index (Phi) is 4.31. The highest BCUT2D eigenvalue weighted by Gasteiger charge is 2.34. The second-order valence-corrected chi connectivity index (χ2v) is 7.83. The molecular weight excluding hydrogens is 286 g/mol. The minimum Gasteiger partial charge on any atom is -0.326 e. The molecule has 0 amide bonds. The molecule has 2 aliphatic rings. The first kappa shape index (κ1) is 15.0. The zero-order valence-electron chi connectivity index (χ0n) is 12.2. The molecule has 2 aliphatic heterocycles. The van der Waals surface area contributed by atoms with Crippen LogP contribution in [0.25, 0.3) is 0 Å². The fraction of sp³-hybridized carbons (Fsp3) is 0.600. The molecule has 1 aromatic rings. The maximum absolute atomic E-state index is 12.8. The Balaban J connectivity index is 1.82. The van der Waals surface area contributed by atoms with E-state index in [1.54, 1.807) is 28.6 Å². The van der Waals surface area contributed by atoms with Crippen LogP contribution >= 0.6 is 0 Å². The molecule has 1 aromatic carbocycles. The molecule has 0 spiro atoms. The Hall–Kier alpha value is -0.950. The molecule has 0 aromatic heterocycles. The van der Waals surface area contributed by atoms with E-state index in [2.05, 4.69) is 4.90 Å². The molecule has 21 heavy (non-hydrogen) atoms. The standard InChI is InChI=1S/C15H23N3O2S/c16-11-13-4-6-15(7-5-13)21(19,20)18-10-2-9-17-8-1-3-14(17)12-18/h4-7,14H,1-3,8-12,16H2. The molecule has 2 saturated heterocycles. The van der Waals surface area contributed by atoms with Gasteiger partial charge in [0.1, 0.15) is 0 Å². The molecular formula is C15H23N3O2S. The molecule has 1 atom stereocenters. The maximum atomic E-state index is 12.8. The SMILES string of the molecule is NCc1ccc(S(=O)(=O)N2CCCN3CCCC3C2)cc1. The highest BCUT2D eigenvalue weighted by atomic mass is 32.2. The van der Waals surface area contributed by atoms with Gasteiger partial charge in [0.25, 0.3) is 0 Å². The maximum Gasteiger partial charge on any atom is 0.243 e. The Morgan fingerprint density at radius 1 is 1.10 bits per heavy atom. The van der Waals surface area contributed by atoms with Crippen LogP contribution in [0.15, 0.2) is 29.2 Å². The van der Waals surface area contributed by atoms with E-state index in [4.69, 9.17) is 5.73 Å². The van der Waals surface area contributed by atoms with E-state index in [9.17, 15) is 8.42 Å². The van der Waals surface area contributed by atoms with Crippen molar-refractivity contribution >= 4 is 10.0 Å². The van der Waals surface area contributed by atoms with Gasteiger partial charge < -0.3 is 5.73 Å². The summed E-state index contributed by atoms with van der Waals surface area (Å²) in [5.74, 6) is 0. The summed E-state index contributed by atoms with van der Waals surface area (Å²) in [6, 6.07) is 7.34. The topological polar surface area (TPSA) is 66.6 Å². The van der Waals surface area contributed by atoms with E-state index in [1.807, 2.05) is 0 Å². The molecule has 5 nitrogen and oxygen atoms in total. The van der Waals surface area contributed by atoms with Gasteiger partial charge in [0.15, 0.2) is 0 Å². The van der Waals surface area contributed by atoms with E-state index in [1.165, 1.54) is 6.42 Å². The normalized spacial score (nSPS) is 24.7. The Bertz CT molecular complexity index is 585. The average molecular weight is 309 g/mol. The molecule has 6 heteroatoms. The zero-order chi connectivity index (χ0) is 14.9. The number of nitrogens with two attached hydrogens (primary N) is 1. The number of rotatable bonds is 3. The molecule has 2 N–H and O–H groups in total. The Morgan fingerprint density at radius 2 is 1.81 bits per heavy atom. The van der Waals surface area contributed by atoms with Crippen LogP contribution in [-0.2, 0) is 16.6 Å². The number of nitrogens with zero attached hydrogens (tertiary/aromatic N) is 2. The number of hydrogen-bond acceptors (Lipinski definition) is 4. The van der Waals surface area contributed by atoms with Crippen LogP contribution in [0.3, 0.4) is 0 Å². The quantitative estimate of drug-likeness (QED) is 0.905. The van der Waals surface area contributed by atoms with Gasteiger partial charge in [0, 0.05) is 25.7 Å². The Labute approximate surface area is 126 Å². The minimum atomic E-state index is -3.38. The summed E-state index contributed by atoms with van der Waals surface area (Å²) in [4.78, 5) is 2.82. The van der Waals surface area contributed by atoms with Gasteiger partial charge in [-0.15, -0.1) is 0 Å². The van der Waals surface area contributed by atoms with Crippen LogP contribution in [0.1, 0.15) is 24.8 Å². The first-order chi connectivity index (χ1) is 10.1. The number of sulfonamides is 1. The van der Waals surface area contributed by atoms with Crippen molar-refractivity contribution in [3.8, 4) is 0 Å². The third-order valence-electron chi connectivity index (χ3n) is 4.56. The molecule has 1 unspecified atom stereocenters. The second-order valence-electron chi connectivity index (χ2n) is 5.90. The van der Waals surface area contributed by atoms with E-state index < -0.39 is 10.0 Å². The lowest BCUT2D eigenvalue weighted by molar-refractivity contribution is 0.257. The van der Waals surface area contributed by atoms with Crippen LogP contribution in [0, 0.1) is 0 Å². The van der Waals surface area contributed by atoms with Crippen molar-refractivity contribution in [1.29, 1.82) is 0 Å². The van der Waals surface area contributed by atoms with Gasteiger partial charge in [-0.3, -0.25) is 4.90 Å². The molecule has 0 saturated carbocycles. The number of benzene rings is 1. The van der Waals surface area contributed by atoms with Gasteiger partial charge in [-0.05, 0) is 50.0 Å². The van der Waals surface area contributed by atoms with Crippen molar-refractivity contribution in [1.82, 2.24) is 9.21 Å². The van der Waals surface area contributed by atoms with Crippen molar-refractivity contribution in [2.45, 2.75) is 36.7 Å². The number of fused-ring (bicyclic) bond motifs is 1. The van der Waals surface area contributed by atoms with Crippen molar-refractivity contribution in [2.24, 2.45) is 5.73 Å². The molecule has 0 bridgehead atoms. The average Bonchev–Trinajstić information content (AvgIpc) is 2.84. The first-order valence-corrected chi connectivity index (χ1v) is 9.08. The van der Waals surface area contributed by atoms with Crippen LogP contribution in [0.4, 0.5) is 0 Å². The molecule has 0 radical (unpaired) electrons. The highest BCUT2D eigenvalue weighted by Crippen LogP contribution is 2.25. The van der Waals surface area contributed by atoms with Crippen molar-refractivity contribution in [3.63, 3.8) is 0 Å². The fourth-order valence-corrected chi connectivity index (χ4v) is 4.85. The summed E-state index contributed by atoms with van der Waals surface area (Å²) in [5.41, 5.74) is 6.52. The first-order valence-electron chi connectivity index (χ1n) is 7.64. The highest BCUT2D eigenvalue weighted by molar-refractivity contribution is 7.89. The van der Waals surface area contributed by atoms with Crippen molar-refractivity contribution in [2.75, 3.05) is 26.2 Å². The lowest BCUT2D eigenvalue weighted by atomic mass is 10.2. The number of hydrogen-bond donors (Lipinski definition) is 1. The second kappa shape index (κ2) is 6.04. The van der Waals surface area contributed by atoms with Crippen LogP contribution in [0.5, 0.6) is 0 Å². The van der Waals surface area contributed by atoms with Gasteiger partial charge in [-0.25, -0.2) is 8.42 Å². The molecule has 0 aliphatic carbocycles. The largest absolute Gasteiger partial charge is 0.326 e. The fourth-order valence-electron chi connectivity index (χ4n) is 3.34. The summed E-state index contributed by atoms with van der Waals surface area (Å²) in [6.45, 7) is 3.81. The lowest BCUT2D eigenvalue weighted by Crippen LogP contribution is -2.39. The molecule has 2 fully saturated rings. The molecule has 3 rings (SSSR count). The monoisotopic (exact) mass is 309 g/mol. The van der Waals surface area contributed by atoms with Crippen molar-refractivity contribution < 1.29 is 8.42 Å². The van der Waals surface area contributed by atoms with Gasteiger partial charge in [-0.2, -0.15) is 4.31 Å². The smallest absolute Gasteiger partial charge is 0.243 e. The lowest BCUT2D eigenvalue weighted by Gasteiger charge is -2.25. The van der Waals surface area contributed by atoms with Crippen LogP contribution < -0.4 is 5.73 Å². The van der Waals surface area contributed by atoms with Crippen molar-refractivity contribution in [3.05, 3.63) is 29.8 Å². The summed E-state index contributed by atoms with van der Waals surface area (Å²) < 4.78 is 27.3. The van der Waals surface area contributed by atoms with Gasteiger partial charge in [-0.1, -0.05) is 12.1 Å². The van der Waals surface area contributed by atoms with E-state index in [-0.39, 0.29) is 0 Å². The minimum absolute atomic E-state index is 0.381. The van der Waals surface area contributed by atoms with E-state index in [0.717, 1.165) is 31.5 Å².